The number of nitrogens with zero attached hydrogens (tertiary/aromatic N) is 2. The fourth-order valence-electron chi connectivity index (χ4n) is 4.63. The third-order valence-corrected chi connectivity index (χ3v) is 6.17. The number of piperazine rings is 1. The van der Waals surface area contributed by atoms with Gasteiger partial charge in [0.05, 0.1) is 29.8 Å². The Labute approximate surface area is 183 Å². The van der Waals surface area contributed by atoms with Crippen LogP contribution in [0.25, 0.3) is 0 Å². The lowest BCUT2D eigenvalue weighted by molar-refractivity contribution is -0.137. The van der Waals surface area contributed by atoms with Gasteiger partial charge in [-0.2, -0.15) is 13.2 Å². The Hall–Kier alpha value is -2.81. The largest absolute Gasteiger partial charge is 0.416 e. The molecular formula is C23H25F4N3O2. The van der Waals surface area contributed by atoms with Crippen LogP contribution >= 0.6 is 0 Å². The van der Waals surface area contributed by atoms with Crippen molar-refractivity contribution in [1.82, 2.24) is 5.32 Å². The van der Waals surface area contributed by atoms with Gasteiger partial charge in [0.1, 0.15) is 5.82 Å². The molecule has 9 heteroatoms. The second kappa shape index (κ2) is 8.97. The Morgan fingerprint density at radius 1 is 1.16 bits per heavy atom. The monoisotopic (exact) mass is 451 g/mol. The average Bonchev–Trinajstić information content (AvgIpc) is 2.77. The molecule has 1 amide bonds. The standard InChI is InChI=1S/C23H25F4N3O2/c1-32-11-8-28-22(31)17-13-15-12-16(23(25,26)27)6-7-19(15)30-10-9-29(14-21(17)30)20-5-3-2-4-18(20)24/h2-7,12,17,21H,8-11,13-14H2,1H3,(H,28,31)/t17-,21-/m1/s1. The van der Waals surface area contributed by atoms with Gasteiger partial charge in [-0.1, -0.05) is 12.1 Å². The van der Waals surface area contributed by atoms with E-state index in [-0.39, 0.29) is 24.2 Å². The minimum atomic E-state index is -4.45. The highest BCUT2D eigenvalue weighted by Crippen LogP contribution is 2.40. The van der Waals surface area contributed by atoms with Crippen LogP contribution in [0.1, 0.15) is 11.1 Å². The molecule has 4 rings (SSSR count). The molecule has 0 aliphatic carbocycles. The molecule has 2 aliphatic rings. The summed E-state index contributed by atoms with van der Waals surface area (Å²) in [6.45, 7) is 2.01. The molecule has 32 heavy (non-hydrogen) atoms. The van der Waals surface area contributed by atoms with Crippen LogP contribution in [0.5, 0.6) is 0 Å². The van der Waals surface area contributed by atoms with Crippen molar-refractivity contribution in [2.75, 3.05) is 49.7 Å². The molecule has 1 N–H and O–H groups in total. The number of fused-ring (bicyclic) bond motifs is 3. The molecule has 172 valence electrons. The van der Waals surface area contributed by atoms with Crippen molar-refractivity contribution in [3.8, 4) is 0 Å². The van der Waals surface area contributed by atoms with Crippen LogP contribution in [0.2, 0.25) is 0 Å². The van der Waals surface area contributed by atoms with Crippen molar-refractivity contribution in [3.63, 3.8) is 0 Å². The topological polar surface area (TPSA) is 44.8 Å². The lowest BCUT2D eigenvalue weighted by Crippen LogP contribution is -2.61. The van der Waals surface area contributed by atoms with E-state index < -0.39 is 17.7 Å². The number of hydrogen-bond acceptors (Lipinski definition) is 4. The summed E-state index contributed by atoms with van der Waals surface area (Å²) in [4.78, 5) is 16.9. The van der Waals surface area contributed by atoms with Crippen LogP contribution in [0, 0.1) is 11.7 Å². The molecule has 1 fully saturated rings. The van der Waals surface area contributed by atoms with Crippen molar-refractivity contribution in [1.29, 1.82) is 0 Å². The number of carbonyl (C=O) groups excluding carboxylic acids is 1. The third kappa shape index (κ3) is 4.39. The summed E-state index contributed by atoms with van der Waals surface area (Å²) in [5.41, 5.74) is 0.946. The molecule has 5 nitrogen and oxygen atoms in total. The Kier molecular flexibility index (Phi) is 6.28. The number of benzene rings is 2. The van der Waals surface area contributed by atoms with E-state index in [1.807, 2.05) is 9.80 Å². The second-order valence-electron chi connectivity index (χ2n) is 8.09. The van der Waals surface area contributed by atoms with Gasteiger partial charge in [0.15, 0.2) is 0 Å². The van der Waals surface area contributed by atoms with Crippen molar-refractivity contribution < 1.29 is 27.1 Å². The zero-order valence-corrected chi connectivity index (χ0v) is 17.7. The van der Waals surface area contributed by atoms with E-state index in [0.717, 1.165) is 12.1 Å². The Morgan fingerprint density at radius 3 is 2.66 bits per heavy atom. The van der Waals surface area contributed by atoms with Gasteiger partial charge >= 0.3 is 6.18 Å². The zero-order chi connectivity index (χ0) is 22.9. The number of rotatable bonds is 5. The van der Waals surface area contributed by atoms with Gasteiger partial charge in [0, 0.05) is 39.0 Å². The van der Waals surface area contributed by atoms with Crippen molar-refractivity contribution >= 4 is 17.3 Å². The fourth-order valence-corrected chi connectivity index (χ4v) is 4.63. The fraction of sp³-hybridized carbons (Fsp3) is 0.435. The van der Waals surface area contributed by atoms with Crippen LogP contribution < -0.4 is 15.1 Å². The van der Waals surface area contributed by atoms with Gasteiger partial charge in [0.25, 0.3) is 0 Å². The molecule has 2 aliphatic heterocycles. The first-order chi connectivity index (χ1) is 15.3. The Balaban J connectivity index is 1.66. The minimum absolute atomic E-state index is 0.185. The molecule has 2 atom stereocenters. The molecule has 0 spiro atoms. The molecule has 0 unspecified atom stereocenters. The van der Waals surface area contributed by atoms with E-state index in [1.165, 1.54) is 19.2 Å². The first-order valence-electron chi connectivity index (χ1n) is 10.5. The number of carbonyl (C=O) groups is 1. The summed E-state index contributed by atoms with van der Waals surface area (Å²) in [6, 6.07) is 9.89. The van der Waals surface area contributed by atoms with Crippen molar-refractivity contribution in [2.45, 2.75) is 18.6 Å². The summed E-state index contributed by atoms with van der Waals surface area (Å²) in [5, 5.41) is 2.82. The first kappa shape index (κ1) is 22.4. The first-order valence-corrected chi connectivity index (χ1v) is 10.5. The lowest BCUT2D eigenvalue weighted by Gasteiger charge is -2.49. The van der Waals surface area contributed by atoms with E-state index >= 15 is 0 Å². The smallest absolute Gasteiger partial charge is 0.383 e. The number of halogens is 4. The van der Waals surface area contributed by atoms with Crippen molar-refractivity contribution in [3.05, 3.63) is 59.4 Å². The molecular weight excluding hydrogens is 426 g/mol. The van der Waals surface area contributed by atoms with E-state index in [4.69, 9.17) is 4.74 Å². The van der Waals surface area contributed by atoms with E-state index in [1.54, 1.807) is 18.2 Å². The predicted molar refractivity (Wildman–Crippen MR) is 113 cm³/mol. The van der Waals surface area contributed by atoms with Crippen LogP contribution in [0.4, 0.5) is 28.9 Å². The van der Waals surface area contributed by atoms with Crippen LogP contribution in [-0.2, 0) is 22.1 Å². The molecule has 2 aromatic carbocycles. The van der Waals surface area contributed by atoms with Crippen LogP contribution in [-0.4, -0.2) is 51.8 Å². The van der Waals surface area contributed by atoms with Crippen molar-refractivity contribution in [2.24, 2.45) is 5.92 Å². The van der Waals surface area contributed by atoms with E-state index in [9.17, 15) is 22.4 Å². The summed E-state index contributed by atoms with van der Waals surface area (Å²) < 4.78 is 59.2. The quantitative estimate of drug-likeness (QED) is 0.559. The van der Waals surface area contributed by atoms with Gasteiger partial charge in [-0.15, -0.1) is 0 Å². The molecule has 0 saturated carbocycles. The minimum Gasteiger partial charge on any atom is -0.383 e. The number of methoxy groups -OCH3 is 1. The summed E-state index contributed by atoms with van der Waals surface area (Å²) >= 11 is 0. The lowest BCUT2D eigenvalue weighted by atomic mass is 9.82. The Bertz CT molecular complexity index is 982. The molecule has 0 aromatic heterocycles. The second-order valence-corrected chi connectivity index (χ2v) is 8.09. The van der Waals surface area contributed by atoms with E-state index in [0.29, 0.717) is 49.7 Å². The number of amides is 1. The van der Waals surface area contributed by atoms with Gasteiger partial charge in [0.2, 0.25) is 5.91 Å². The molecule has 2 aromatic rings. The number of nitrogens with one attached hydrogen (secondary N) is 1. The number of ether oxygens (including phenoxy) is 1. The van der Waals surface area contributed by atoms with Crippen LogP contribution in [0.3, 0.4) is 0 Å². The number of alkyl halides is 3. The highest BCUT2D eigenvalue weighted by Gasteiger charge is 2.43. The SMILES string of the molecule is COCCNC(=O)[C@@H]1Cc2cc(C(F)(F)F)ccc2N2CCN(c3ccccc3F)C[C@H]12. The van der Waals surface area contributed by atoms with Gasteiger partial charge in [-0.25, -0.2) is 4.39 Å². The molecule has 0 radical (unpaired) electrons. The number of hydrogen-bond donors (Lipinski definition) is 1. The average molecular weight is 451 g/mol. The zero-order valence-electron chi connectivity index (χ0n) is 17.7. The molecule has 1 saturated heterocycles. The number of para-hydroxylation sites is 1. The predicted octanol–water partition coefficient (Wildman–Crippen LogP) is 3.47. The molecule has 0 bridgehead atoms. The molecule has 2 heterocycles. The summed E-state index contributed by atoms with van der Waals surface area (Å²) in [6.07, 6.45) is -4.27. The highest BCUT2D eigenvalue weighted by molar-refractivity contribution is 5.82. The summed E-state index contributed by atoms with van der Waals surface area (Å²) in [7, 11) is 1.52. The van der Waals surface area contributed by atoms with Gasteiger partial charge < -0.3 is 19.9 Å². The maximum Gasteiger partial charge on any atom is 0.416 e. The highest BCUT2D eigenvalue weighted by atomic mass is 19.4. The third-order valence-electron chi connectivity index (χ3n) is 6.17. The maximum absolute atomic E-state index is 14.4. The maximum atomic E-state index is 14.4. The van der Waals surface area contributed by atoms with Gasteiger partial charge in [-0.3, -0.25) is 4.79 Å². The Morgan fingerprint density at radius 2 is 1.94 bits per heavy atom. The normalized spacial score (nSPS) is 20.5. The summed E-state index contributed by atoms with van der Waals surface area (Å²) in [5.74, 6) is -1.15. The van der Waals surface area contributed by atoms with Crippen LogP contribution in [0.15, 0.2) is 42.5 Å². The number of anilines is 2. The van der Waals surface area contributed by atoms with E-state index in [2.05, 4.69) is 5.32 Å². The van der Waals surface area contributed by atoms with Gasteiger partial charge in [-0.05, 0) is 42.3 Å².